The molecule has 0 spiro atoms. The Balaban J connectivity index is 0.00000529. The summed E-state index contributed by atoms with van der Waals surface area (Å²) in [6, 6.07) is 4.13. The normalized spacial score (nSPS) is 11.9. The smallest absolute Gasteiger partial charge is 0.387 e. The van der Waals surface area contributed by atoms with Crippen LogP contribution in [-0.2, 0) is 0 Å². The first kappa shape index (κ1) is 22.4. The van der Waals surface area contributed by atoms with Gasteiger partial charge in [0.25, 0.3) is 5.91 Å². The maximum Gasteiger partial charge on any atom is 0.387 e. The van der Waals surface area contributed by atoms with Crippen molar-refractivity contribution in [3.63, 3.8) is 0 Å². The van der Waals surface area contributed by atoms with E-state index in [-0.39, 0.29) is 35.9 Å². The average molecular weight is 367 g/mol. The van der Waals surface area contributed by atoms with Gasteiger partial charge in [0.1, 0.15) is 0 Å². The number of carbonyl (C=O) groups is 1. The molecule has 5 nitrogen and oxygen atoms in total. The number of ether oxygens (including phenoxy) is 2. The first-order chi connectivity index (χ1) is 10.8. The van der Waals surface area contributed by atoms with Gasteiger partial charge in [0, 0.05) is 25.2 Å². The molecule has 2 N–H and O–H groups in total. The highest BCUT2D eigenvalue weighted by Gasteiger charge is 2.17. The van der Waals surface area contributed by atoms with Crippen molar-refractivity contribution in [1.29, 1.82) is 0 Å². The predicted octanol–water partition coefficient (Wildman–Crippen LogP) is 3.16. The van der Waals surface area contributed by atoms with Gasteiger partial charge in [-0.05, 0) is 30.5 Å². The molecule has 0 radical (unpaired) electrons. The van der Waals surface area contributed by atoms with E-state index >= 15 is 0 Å². The lowest BCUT2D eigenvalue weighted by Crippen LogP contribution is -2.34. The number of hydrogen-bond donors (Lipinski definition) is 1. The minimum atomic E-state index is -2.95. The number of benzene rings is 1. The molecule has 0 heterocycles. The molecule has 0 saturated heterocycles. The highest BCUT2D eigenvalue weighted by Crippen LogP contribution is 2.29. The summed E-state index contributed by atoms with van der Waals surface area (Å²) < 4.78 is 33.9. The van der Waals surface area contributed by atoms with Crippen LogP contribution >= 0.6 is 12.4 Å². The summed E-state index contributed by atoms with van der Waals surface area (Å²) in [7, 11) is 3.00. The second-order valence-corrected chi connectivity index (χ2v) is 5.67. The Bertz CT molecular complexity index is 530. The van der Waals surface area contributed by atoms with Gasteiger partial charge in [-0.15, -0.1) is 12.4 Å². The number of amides is 1. The molecule has 0 bridgehead atoms. The van der Waals surface area contributed by atoms with Crippen molar-refractivity contribution in [2.75, 3.05) is 20.7 Å². The zero-order valence-electron chi connectivity index (χ0n) is 14.3. The molecule has 0 aliphatic rings. The Kier molecular flexibility index (Phi) is 9.62. The minimum absolute atomic E-state index is 0. The van der Waals surface area contributed by atoms with Gasteiger partial charge < -0.3 is 20.1 Å². The van der Waals surface area contributed by atoms with Gasteiger partial charge in [-0.25, -0.2) is 0 Å². The van der Waals surface area contributed by atoms with Gasteiger partial charge in [0.2, 0.25) is 0 Å². The molecular formula is C16H25ClF2N2O3. The van der Waals surface area contributed by atoms with Crippen molar-refractivity contribution in [2.24, 2.45) is 11.7 Å². The van der Waals surface area contributed by atoms with Crippen molar-refractivity contribution in [3.05, 3.63) is 23.8 Å². The van der Waals surface area contributed by atoms with Gasteiger partial charge >= 0.3 is 6.61 Å². The number of rotatable bonds is 8. The molecular weight excluding hydrogens is 342 g/mol. The zero-order chi connectivity index (χ0) is 17.6. The summed E-state index contributed by atoms with van der Waals surface area (Å²) >= 11 is 0. The molecule has 0 aliphatic carbocycles. The van der Waals surface area contributed by atoms with Crippen LogP contribution in [0.1, 0.15) is 30.6 Å². The Morgan fingerprint density at radius 2 is 1.92 bits per heavy atom. The number of methoxy groups -OCH3 is 1. The van der Waals surface area contributed by atoms with Crippen LogP contribution in [0.4, 0.5) is 8.78 Å². The molecule has 1 atom stereocenters. The van der Waals surface area contributed by atoms with E-state index in [2.05, 4.69) is 4.74 Å². The fourth-order valence-electron chi connectivity index (χ4n) is 1.99. The molecule has 0 fully saturated rings. The largest absolute Gasteiger partial charge is 0.493 e. The molecule has 0 saturated carbocycles. The third kappa shape index (κ3) is 6.49. The summed E-state index contributed by atoms with van der Waals surface area (Å²) in [5.41, 5.74) is 6.31. The average Bonchev–Trinajstić information content (AvgIpc) is 2.51. The van der Waals surface area contributed by atoms with Crippen LogP contribution in [0.25, 0.3) is 0 Å². The van der Waals surface area contributed by atoms with Gasteiger partial charge in [-0.3, -0.25) is 4.79 Å². The van der Waals surface area contributed by atoms with E-state index in [1.807, 2.05) is 13.8 Å². The third-order valence-electron chi connectivity index (χ3n) is 3.63. The monoisotopic (exact) mass is 366 g/mol. The third-order valence-corrected chi connectivity index (χ3v) is 3.63. The van der Waals surface area contributed by atoms with Gasteiger partial charge in [0.15, 0.2) is 11.5 Å². The molecule has 8 heteroatoms. The standard InChI is InChI=1S/C16H24F2N2O3.ClH/c1-10(2)12(19)7-8-20(3)15(21)11-5-6-13(23-16(17)18)14(9-11)22-4;/h5-6,9-10,12,16H,7-8,19H2,1-4H3;1H. The lowest BCUT2D eigenvalue weighted by molar-refractivity contribution is -0.0512. The topological polar surface area (TPSA) is 64.8 Å². The van der Waals surface area contributed by atoms with Crippen LogP contribution in [0.2, 0.25) is 0 Å². The number of nitrogens with zero attached hydrogens (tertiary/aromatic N) is 1. The van der Waals surface area contributed by atoms with E-state index in [0.717, 1.165) is 0 Å². The fourth-order valence-corrected chi connectivity index (χ4v) is 1.99. The molecule has 24 heavy (non-hydrogen) atoms. The number of halogens is 3. The van der Waals surface area contributed by atoms with Crippen molar-refractivity contribution < 1.29 is 23.0 Å². The molecule has 0 aromatic heterocycles. The Labute approximate surface area is 147 Å². The van der Waals surface area contributed by atoms with Crippen LogP contribution in [0.3, 0.4) is 0 Å². The van der Waals surface area contributed by atoms with Crippen molar-refractivity contribution in [2.45, 2.75) is 32.9 Å². The summed E-state index contributed by atoms with van der Waals surface area (Å²) in [4.78, 5) is 13.9. The van der Waals surface area contributed by atoms with E-state index in [0.29, 0.717) is 24.4 Å². The van der Waals surface area contributed by atoms with E-state index in [4.69, 9.17) is 10.5 Å². The van der Waals surface area contributed by atoms with Crippen molar-refractivity contribution in [3.8, 4) is 11.5 Å². The molecule has 138 valence electrons. The maximum atomic E-state index is 12.4. The lowest BCUT2D eigenvalue weighted by atomic mass is 10.0. The minimum Gasteiger partial charge on any atom is -0.493 e. The highest BCUT2D eigenvalue weighted by atomic mass is 35.5. The molecule has 1 rings (SSSR count). The summed E-state index contributed by atoms with van der Waals surface area (Å²) in [5, 5.41) is 0. The Morgan fingerprint density at radius 3 is 2.42 bits per heavy atom. The van der Waals surface area contributed by atoms with Gasteiger partial charge in [-0.2, -0.15) is 8.78 Å². The summed E-state index contributed by atoms with van der Waals surface area (Å²) in [6.45, 7) is 1.61. The highest BCUT2D eigenvalue weighted by molar-refractivity contribution is 5.94. The van der Waals surface area contributed by atoms with Crippen molar-refractivity contribution in [1.82, 2.24) is 4.90 Å². The number of nitrogens with two attached hydrogens (primary N) is 1. The van der Waals surface area contributed by atoms with Gasteiger partial charge in [0.05, 0.1) is 7.11 Å². The van der Waals surface area contributed by atoms with Crippen molar-refractivity contribution >= 4 is 18.3 Å². The van der Waals surface area contributed by atoms with Crippen LogP contribution < -0.4 is 15.2 Å². The Hall–Kier alpha value is -1.60. The molecule has 1 aromatic rings. The Morgan fingerprint density at radius 1 is 1.29 bits per heavy atom. The zero-order valence-corrected chi connectivity index (χ0v) is 15.1. The lowest BCUT2D eigenvalue weighted by Gasteiger charge is -2.22. The second kappa shape index (κ2) is 10.3. The summed E-state index contributed by atoms with van der Waals surface area (Å²) in [5.74, 6) is 0.0826. The first-order valence-electron chi connectivity index (χ1n) is 7.40. The fraction of sp³-hybridized carbons (Fsp3) is 0.562. The van der Waals surface area contributed by atoms with E-state index in [1.165, 1.54) is 25.3 Å². The second-order valence-electron chi connectivity index (χ2n) is 5.67. The molecule has 1 amide bonds. The van der Waals surface area contributed by atoms with E-state index < -0.39 is 6.61 Å². The van der Waals surface area contributed by atoms with Crippen LogP contribution in [-0.4, -0.2) is 44.2 Å². The van der Waals surface area contributed by atoms with E-state index in [9.17, 15) is 13.6 Å². The quantitative estimate of drug-likeness (QED) is 0.767. The number of carbonyl (C=O) groups excluding carboxylic acids is 1. The predicted molar refractivity (Wildman–Crippen MR) is 91.3 cm³/mol. The SMILES string of the molecule is COc1cc(C(=O)N(C)CCC(N)C(C)C)ccc1OC(F)F.Cl. The van der Waals surface area contributed by atoms with Crippen LogP contribution in [0.15, 0.2) is 18.2 Å². The van der Waals surface area contributed by atoms with Crippen LogP contribution in [0.5, 0.6) is 11.5 Å². The molecule has 1 unspecified atom stereocenters. The number of alkyl halides is 2. The van der Waals surface area contributed by atoms with Gasteiger partial charge in [-0.1, -0.05) is 13.8 Å². The summed E-state index contributed by atoms with van der Waals surface area (Å²) in [6.07, 6.45) is 0.684. The first-order valence-corrected chi connectivity index (χ1v) is 7.40. The number of hydrogen-bond acceptors (Lipinski definition) is 4. The molecule has 1 aromatic carbocycles. The van der Waals surface area contributed by atoms with Crippen LogP contribution in [0, 0.1) is 5.92 Å². The molecule has 0 aliphatic heterocycles. The van der Waals surface area contributed by atoms with E-state index in [1.54, 1.807) is 11.9 Å². The maximum absolute atomic E-state index is 12.4.